The quantitative estimate of drug-likeness (QED) is 0.829. The Morgan fingerprint density at radius 3 is 2.59 bits per heavy atom. The normalized spacial score (nSPS) is 11.6. The van der Waals surface area contributed by atoms with E-state index in [-0.39, 0.29) is 11.2 Å². The van der Waals surface area contributed by atoms with Crippen LogP contribution in [-0.2, 0) is 4.79 Å². The number of rotatable bonds is 6. The van der Waals surface area contributed by atoms with Crippen LogP contribution in [0, 0.1) is 0 Å². The maximum absolute atomic E-state index is 12.2. The van der Waals surface area contributed by atoms with Gasteiger partial charge in [-0.05, 0) is 31.2 Å². The highest BCUT2D eigenvalue weighted by Gasteiger charge is 2.16. The van der Waals surface area contributed by atoms with Gasteiger partial charge in [0.2, 0.25) is 5.91 Å². The van der Waals surface area contributed by atoms with Crippen molar-refractivity contribution in [3.05, 3.63) is 42.6 Å². The van der Waals surface area contributed by atoms with E-state index >= 15 is 0 Å². The molecule has 2 rings (SSSR count). The number of hydrogen-bond donors (Lipinski definition) is 1. The van der Waals surface area contributed by atoms with Gasteiger partial charge in [-0.2, -0.15) is 0 Å². The van der Waals surface area contributed by atoms with Crippen LogP contribution in [0.3, 0.4) is 0 Å². The first kappa shape index (κ1) is 16.2. The first-order valence-electron chi connectivity index (χ1n) is 6.74. The van der Waals surface area contributed by atoms with Gasteiger partial charge in [0, 0.05) is 18.0 Å². The number of pyridine rings is 1. The zero-order chi connectivity index (χ0) is 15.9. The molecule has 0 spiro atoms. The van der Waals surface area contributed by atoms with E-state index in [1.807, 2.05) is 25.1 Å². The first-order valence-corrected chi connectivity index (χ1v) is 7.62. The minimum Gasteiger partial charge on any atom is -0.493 e. The Hall–Kier alpha value is -2.21. The van der Waals surface area contributed by atoms with Gasteiger partial charge in [-0.1, -0.05) is 17.8 Å². The number of amides is 1. The molecule has 5 nitrogen and oxygen atoms in total. The van der Waals surface area contributed by atoms with Crippen molar-refractivity contribution in [2.75, 3.05) is 19.5 Å². The number of ether oxygens (including phenoxy) is 2. The standard InChI is InChI=1S/C16H18N2O3S/c1-11(22-15-6-4-5-9-17-15)16(19)18-12-7-8-13(20-2)14(10-12)21-3/h4-11H,1-3H3,(H,18,19)/t11-/m1/s1. The SMILES string of the molecule is COc1ccc(NC(=O)[C@@H](C)Sc2ccccn2)cc1OC. The Bertz CT molecular complexity index is 635. The number of thioether (sulfide) groups is 1. The molecule has 0 aliphatic carbocycles. The summed E-state index contributed by atoms with van der Waals surface area (Å²) in [5, 5.41) is 3.42. The van der Waals surface area contributed by atoms with E-state index in [1.165, 1.54) is 11.8 Å². The highest BCUT2D eigenvalue weighted by molar-refractivity contribution is 8.00. The Morgan fingerprint density at radius 2 is 1.95 bits per heavy atom. The fraction of sp³-hybridized carbons (Fsp3) is 0.250. The molecule has 6 heteroatoms. The van der Waals surface area contributed by atoms with Gasteiger partial charge in [-0.25, -0.2) is 4.98 Å². The minimum absolute atomic E-state index is 0.0946. The summed E-state index contributed by atoms with van der Waals surface area (Å²) in [6.45, 7) is 1.84. The summed E-state index contributed by atoms with van der Waals surface area (Å²) in [6, 6.07) is 10.9. The number of carbonyl (C=O) groups excluding carboxylic acids is 1. The average Bonchev–Trinajstić information content (AvgIpc) is 2.55. The molecule has 0 aliphatic heterocycles. The molecule has 1 aromatic heterocycles. The number of carbonyl (C=O) groups is 1. The maximum atomic E-state index is 12.2. The first-order chi connectivity index (χ1) is 10.6. The van der Waals surface area contributed by atoms with Crippen molar-refractivity contribution < 1.29 is 14.3 Å². The van der Waals surface area contributed by atoms with Gasteiger partial charge < -0.3 is 14.8 Å². The predicted molar refractivity (Wildman–Crippen MR) is 87.7 cm³/mol. The zero-order valence-electron chi connectivity index (χ0n) is 12.7. The molecule has 1 atom stereocenters. The third kappa shape index (κ3) is 4.14. The summed E-state index contributed by atoms with van der Waals surface area (Å²) in [5.41, 5.74) is 0.663. The molecule has 22 heavy (non-hydrogen) atoms. The second-order valence-electron chi connectivity index (χ2n) is 4.49. The second-order valence-corrected chi connectivity index (χ2v) is 5.85. The number of aromatic nitrogens is 1. The molecule has 0 saturated carbocycles. The van der Waals surface area contributed by atoms with Gasteiger partial charge >= 0.3 is 0 Å². The summed E-state index contributed by atoms with van der Waals surface area (Å²) >= 11 is 1.41. The maximum Gasteiger partial charge on any atom is 0.237 e. The van der Waals surface area contributed by atoms with Crippen LogP contribution < -0.4 is 14.8 Å². The topological polar surface area (TPSA) is 60.5 Å². The molecule has 1 N–H and O–H groups in total. The van der Waals surface area contributed by atoms with E-state index in [9.17, 15) is 4.79 Å². The Kier molecular flexibility index (Phi) is 5.66. The zero-order valence-corrected chi connectivity index (χ0v) is 13.5. The lowest BCUT2D eigenvalue weighted by atomic mass is 10.2. The second kappa shape index (κ2) is 7.70. The van der Waals surface area contributed by atoms with Crippen molar-refractivity contribution >= 4 is 23.4 Å². The lowest BCUT2D eigenvalue weighted by Gasteiger charge is -2.13. The lowest BCUT2D eigenvalue weighted by Crippen LogP contribution is -2.22. The van der Waals surface area contributed by atoms with Gasteiger partial charge in [-0.3, -0.25) is 4.79 Å². The van der Waals surface area contributed by atoms with E-state index in [4.69, 9.17) is 9.47 Å². The van der Waals surface area contributed by atoms with Crippen LogP contribution in [0.4, 0.5) is 5.69 Å². The molecule has 1 heterocycles. The largest absolute Gasteiger partial charge is 0.493 e. The number of nitrogens with one attached hydrogen (secondary N) is 1. The highest BCUT2D eigenvalue weighted by atomic mass is 32.2. The van der Waals surface area contributed by atoms with Crippen molar-refractivity contribution in [3.63, 3.8) is 0 Å². The molecule has 0 fully saturated rings. The summed E-state index contributed by atoms with van der Waals surface area (Å²) < 4.78 is 10.4. The number of anilines is 1. The van der Waals surface area contributed by atoms with E-state index in [2.05, 4.69) is 10.3 Å². The number of nitrogens with zero attached hydrogens (tertiary/aromatic N) is 1. The van der Waals surface area contributed by atoms with Gasteiger partial charge in [0.05, 0.1) is 24.5 Å². The Labute approximate surface area is 134 Å². The van der Waals surface area contributed by atoms with Crippen LogP contribution in [-0.4, -0.2) is 30.4 Å². The van der Waals surface area contributed by atoms with Crippen LogP contribution in [0.25, 0.3) is 0 Å². The average molecular weight is 318 g/mol. The molecule has 0 saturated heterocycles. The van der Waals surface area contributed by atoms with Crippen molar-refractivity contribution in [2.24, 2.45) is 0 Å². The summed E-state index contributed by atoms with van der Waals surface area (Å²) in [7, 11) is 3.13. The fourth-order valence-electron chi connectivity index (χ4n) is 1.81. The Morgan fingerprint density at radius 1 is 1.18 bits per heavy atom. The van der Waals surface area contributed by atoms with Crippen molar-refractivity contribution in [3.8, 4) is 11.5 Å². The van der Waals surface area contributed by atoms with Gasteiger partial charge in [0.1, 0.15) is 0 Å². The number of hydrogen-bond acceptors (Lipinski definition) is 5. The van der Waals surface area contributed by atoms with E-state index < -0.39 is 0 Å². The van der Waals surface area contributed by atoms with Crippen LogP contribution >= 0.6 is 11.8 Å². The molecular weight excluding hydrogens is 300 g/mol. The van der Waals surface area contributed by atoms with Gasteiger partial charge in [0.25, 0.3) is 0 Å². The molecule has 1 aromatic carbocycles. The van der Waals surface area contributed by atoms with Crippen LogP contribution in [0.2, 0.25) is 0 Å². The molecule has 1 amide bonds. The summed E-state index contributed by atoms with van der Waals surface area (Å²) in [5.74, 6) is 1.10. The predicted octanol–water partition coefficient (Wildman–Crippen LogP) is 3.22. The van der Waals surface area contributed by atoms with Crippen molar-refractivity contribution in [1.82, 2.24) is 4.98 Å². The van der Waals surface area contributed by atoms with Crippen LogP contribution in [0.15, 0.2) is 47.6 Å². The van der Waals surface area contributed by atoms with Crippen LogP contribution in [0.5, 0.6) is 11.5 Å². The van der Waals surface area contributed by atoms with E-state index in [0.29, 0.717) is 17.2 Å². The van der Waals surface area contributed by atoms with Gasteiger partial charge in [0.15, 0.2) is 11.5 Å². The molecule has 116 valence electrons. The summed E-state index contributed by atoms with van der Waals surface area (Å²) in [4.78, 5) is 16.4. The lowest BCUT2D eigenvalue weighted by molar-refractivity contribution is -0.115. The molecule has 0 bridgehead atoms. The van der Waals surface area contributed by atoms with Crippen molar-refractivity contribution in [2.45, 2.75) is 17.2 Å². The third-order valence-electron chi connectivity index (χ3n) is 2.96. The smallest absolute Gasteiger partial charge is 0.237 e. The fourth-order valence-corrected chi connectivity index (χ4v) is 2.62. The molecular formula is C16H18N2O3S. The Balaban J connectivity index is 2.02. The molecule has 0 aliphatic rings. The van der Waals surface area contributed by atoms with E-state index in [0.717, 1.165) is 5.03 Å². The third-order valence-corrected chi connectivity index (χ3v) is 4.01. The number of benzene rings is 1. The number of methoxy groups -OCH3 is 2. The minimum atomic E-state index is -0.261. The molecule has 0 radical (unpaired) electrons. The van der Waals surface area contributed by atoms with E-state index in [1.54, 1.807) is 38.6 Å². The monoisotopic (exact) mass is 318 g/mol. The van der Waals surface area contributed by atoms with Crippen LogP contribution in [0.1, 0.15) is 6.92 Å². The van der Waals surface area contributed by atoms with Crippen molar-refractivity contribution in [1.29, 1.82) is 0 Å². The highest BCUT2D eigenvalue weighted by Crippen LogP contribution is 2.30. The molecule has 2 aromatic rings. The molecule has 0 unspecified atom stereocenters. The summed E-state index contributed by atoms with van der Waals surface area (Å²) in [6.07, 6.45) is 1.71. The van der Waals surface area contributed by atoms with Gasteiger partial charge in [-0.15, -0.1) is 0 Å².